The number of carbonyl (C=O) groups excluding carboxylic acids is 2. The lowest BCUT2D eigenvalue weighted by atomic mass is 10.0. The standard InChI is InChI=1S/C26H36N2O6/c1-8-32-21-15-18(12-13-20(21)33-16(2)3)23(25(30)31-7)28-19-11-9-10-17(14-19)22(27)24(29)34-26(4,5)6/h9-16,22-23,28H,8,27H2,1-7H3. The van der Waals surface area contributed by atoms with Crippen LogP contribution in [0.5, 0.6) is 11.5 Å². The molecule has 0 heterocycles. The summed E-state index contributed by atoms with van der Waals surface area (Å²) in [5, 5.41) is 3.18. The first kappa shape index (κ1) is 27.0. The summed E-state index contributed by atoms with van der Waals surface area (Å²) in [5.41, 5.74) is 7.26. The Morgan fingerprint density at radius 1 is 1.00 bits per heavy atom. The molecule has 0 aromatic heterocycles. The molecule has 0 amide bonds. The maximum atomic E-state index is 12.7. The highest BCUT2D eigenvalue weighted by molar-refractivity contribution is 5.82. The minimum atomic E-state index is -0.963. The second-order valence-corrected chi connectivity index (χ2v) is 9.04. The van der Waals surface area contributed by atoms with Crippen molar-refractivity contribution >= 4 is 17.6 Å². The summed E-state index contributed by atoms with van der Waals surface area (Å²) in [5.74, 6) is 0.109. The second kappa shape index (κ2) is 11.7. The van der Waals surface area contributed by atoms with E-state index in [4.69, 9.17) is 24.7 Å². The van der Waals surface area contributed by atoms with E-state index in [0.29, 0.717) is 34.9 Å². The predicted octanol–water partition coefficient (Wildman–Crippen LogP) is 4.54. The summed E-state index contributed by atoms with van der Waals surface area (Å²) in [7, 11) is 1.32. The van der Waals surface area contributed by atoms with Gasteiger partial charge in [-0.05, 0) is 76.9 Å². The van der Waals surface area contributed by atoms with Crippen LogP contribution in [0.25, 0.3) is 0 Å². The summed E-state index contributed by atoms with van der Waals surface area (Å²) in [4.78, 5) is 25.1. The van der Waals surface area contributed by atoms with Crippen LogP contribution in [-0.2, 0) is 19.1 Å². The lowest BCUT2D eigenvalue weighted by Gasteiger charge is -2.23. The Morgan fingerprint density at radius 2 is 1.71 bits per heavy atom. The fourth-order valence-electron chi connectivity index (χ4n) is 3.21. The van der Waals surface area contributed by atoms with Crippen LogP contribution in [0, 0.1) is 0 Å². The quantitative estimate of drug-likeness (QED) is 0.485. The van der Waals surface area contributed by atoms with Crippen LogP contribution in [0.3, 0.4) is 0 Å². The number of hydrogen-bond donors (Lipinski definition) is 2. The van der Waals surface area contributed by atoms with Crippen LogP contribution in [-0.4, -0.2) is 37.4 Å². The molecule has 0 aliphatic carbocycles. The van der Waals surface area contributed by atoms with Gasteiger partial charge in [0.25, 0.3) is 0 Å². The largest absolute Gasteiger partial charge is 0.490 e. The van der Waals surface area contributed by atoms with Crippen molar-refractivity contribution in [2.24, 2.45) is 5.73 Å². The van der Waals surface area contributed by atoms with Gasteiger partial charge in [0, 0.05) is 5.69 Å². The molecule has 8 nitrogen and oxygen atoms in total. The van der Waals surface area contributed by atoms with Crippen molar-refractivity contribution < 1.29 is 28.5 Å². The molecule has 8 heteroatoms. The molecule has 0 radical (unpaired) electrons. The number of hydrogen-bond acceptors (Lipinski definition) is 8. The number of rotatable bonds is 10. The fourth-order valence-corrected chi connectivity index (χ4v) is 3.21. The summed E-state index contributed by atoms with van der Waals surface area (Å²) >= 11 is 0. The van der Waals surface area contributed by atoms with Crippen LogP contribution in [0.15, 0.2) is 42.5 Å². The van der Waals surface area contributed by atoms with Gasteiger partial charge in [-0.2, -0.15) is 0 Å². The van der Waals surface area contributed by atoms with Gasteiger partial charge in [0.2, 0.25) is 0 Å². The van der Waals surface area contributed by atoms with Gasteiger partial charge in [-0.1, -0.05) is 18.2 Å². The minimum Gasteiger partial charge on any atom is -0.490 e. The highest BCUT2D eigenvalue weighted by Gasteiger charge is 2.26. The highest BCUT2D eigenvalue weighted by atomic mass is 16.6. The molecular weight excluding hydrogens is 436 g/mol. The normalized spacial score (nSPS) is 13.1. The molecular formula is C26H36N2O6. The Morgan fingerprint density at radius 3 is 2.29 bits per heavy atom. The third kappa shape index (κ3) is 7.66. The molecule has 34 heavy (non-hydrogen) atoms. The zero-order valence-corrected chi connectivity index (χ0v) is 21.0. The van der Waals surface area contributed by atoms with Crippen molar-refractivity contribution in [3.05, 3.63) is 53.6 Å². The molecule has 0 bridgehead atoms. The van der Waals surface area contributed by atoms with Crippen molar-refractivity contribution in [1.29, 1.82) is 0 Å². The smallest absolute Gasteiger partial charge is 0.332 e. The third-order valence-corrected chi connectivity index (χ3v) is 4.62. The Hall–Kier alpha value is -3.26. The van der Waals surface area contributed by atoms with Crippen molar-refractivity contribution in [3.8, 4) is 11.5 Å². The van der Waals surface area contributed by atoms with Gasteiger partial charge < -0.3 is 30.0 Å². The predicted molar refractivity (Wildman–Crippen MR) is 131 cm³/mol. The Kier molecular flexibility index (Phi) is 9.32. The van der Waals surface area contributed by atoms with Crippen molar-refractivity contribution in [2.75, 3.05) is 19.0 Å². The summed E-state index contributed by atoms with van der Waals surface area (Å²) < 4.78 is 22.0. The number of methoxy groups -OCH3 is 1. The fraction of sp³-hybridized carbons (Fsp3) is 0.462. The summed E-state index contributed by atoms with van der Waals surface area (Å²) in [6, 6.07) is 10.5. The Labute approximate surface area is 201 Å². The van der Waals surface area contributed by atoms with Gasteiger partial charge in [0.05, 0.1) is 19.8 Å². The van der Waals surface area contributed by atoms with E-state index in [9.17, 15) is 9.59 Å². The number of nitrogens with one attached hydrogen (secondary N) is 1. The van der Waals surface area contributed by atoms with Gasteiger partial charge in [-0.3, -0.25) is 0 Å². The van der Waals surface area contributed by atoms with Crippen LogP contribution in [0.4, 0.5) is 5.69 Å². The average molecular weight is 473 g/mol. The van der Waals surface area contributed by atoms with E-state index in [-0.39, 0.29) is 6.10 Å². The van der Waals surface area contributed by atoms with E-state index in [1.807, 2.05) is 20.8 Å². The minimum absolute atomic E-state index is 0.0310. The first-order valence-electron chi connectivity index (χ1n) is 11.3. The first-order valence-corrected chi connectivity index (χ1v) is 11.3. The summed E-state index contributed by atoms with van der Waals surface area (Å²) in [6.07, 6.45) is -0.0310. The molecule has 0 spiro atoms. The zero-order valence-electron chi connectivity index (χ0n) is 21.0. The first-order chi connectivity index (χ1) is 15.9. The molecule has 2 rings (SSSR count). The lowest BCUT2D eigenvalue weighted by molar-refractivity contribution is -0.156. The number of nitrogens with two attached hydrogens (primary N) is 1. The molecule has 2 aromatic carbocycles. The molecule has 2 atom stereocenters. The Balaban J connectivity index is 2.35. The molecule has 0 aliphatic heterocycles. The average Bonchev–Trinajstić information content (AvgIpc) is 2.76. The van der Waals surface area contributed by atoms with Crippen LogP contribution in [0.1, 0.15) is 64.8 Å². The molecule has 186 valence electrons. The van der Waals surface area contributed by atoms with Gasteiger partial charge in [0.15, 0.2) is 17.5 Å². The SMILES string of the molecule is CCOc1cc(C(Nc2cccc(C(N)C(=O)OC(C)(C)C)c2)C(=O)OC)ccc1OC(C)C. The zero-order chi connectivity index (χ0) is 25.5. The number of carbonyl (C=O) groups is 2. The topological polar surface area (TPSA) is 109 Å². The third-order valence-electron chi connectivity index (χ3n) is 4.62. The van der Waals surface area contributed by atoms with Crippen molar-refractivity contribution in [2.45, 2.75) is 65.3 Å². The monoisotopic (exact) mass is 472 g/mol. The van der Waals surface area contributed by atoms with Gasteiger partial charge >= 0.3 is 11.9 Å². The van der Waals surface area contributed by atoms with E-state index >= 15 is 0 Å². The van der Waals surface area contributed by atoms with Crippen molar-refractivity contribution in [3.63, 3.8) is 0 Å². The second-order valence-electron chi connectivity index (χ2n) is 9.04. The maximum absolute atomic E-state index is 12.7. The molecule has 0 fully saturated rings. The van der Waals surface area contributed by atoms with Gasteiger partial charge in [0.1, 0.15) is 11.6 Å². The summed E-state index contributed by atoms with van der Waals surface area (Å²) in [6.45, 7) is 11.5. The van der Waals surface area contributed by atoms with E-state index in [1.165, 1.54) is 7.11 Å². The maximum Gasteiger partial charge on any atom is 0.332 e. The van der Waals surface area contributed by atoms with Crippen molar-refractivity contribution in [1.82, 2.24) is 0 Å². The number of benzene rings is 2. The molecule has 2 aromatic rings. The van der Waals surface area contributed by atoms with Crippen LogP contribution in [0.2, 0.25) is 0 Å². The van der Waals surface area contributed by atoms with E-state index < -0.39 is 29.6 Å². The van der Waals surface area contributed by atoms with Crippen LogP contribution < -0.4 is 20.5 Å². The van der Waals surface area contributed by atoms with E-state index in [1.54, 1.807) is 63.2 Å². The lowest BCUT2D eigenvalue weighted by Crippen LogP contribution is -2.31. The molecule has 2 unspecified atom stereocenters. The number of anilines is 1. The van der Waals surface area contributed by atoms with Gasteiger partial charge in [-0.25, -0.2) is 9.59 Å². The molecule has 0 saturated heterocycles. The Bertz CT molecular complexity index is 983. The van der Waals surface area contributed by atoms with Gasteiger partial charge in [-0.15, -0.1) is 0 Å². The molecule has 0 saturated carbocycles. The van der Waals surface area contributed by atoms with E-state index in [0.717, 1.165) is 0 Å². The highest BCUT2D eigenvalue weighted by Crippen LogP contribution is 2.33. The number of esters is 2. The van der Waals surface area contributed by atoms with Crippen LogP contribution >= 0.6 is 0 Å². The van der Waals surface area contributed by atoms with E-state index in [2.05, 4.69) is 5.32 Å². The number of ether oxygens (including phenoxy) is 4. The molecule has 0 aliphatic rings. The molecule has 3 N–H and O–H groups in total.